The molecular formula is C17H22N2O4S. The minimum Gasteiger partial charge on any atom is -0.477 e. The first-order valence-corrected chi connectivity index (χ1v) is 9.50. The molecule has 1 fully saturated rings. The number of carbonyl (C=O) groups is 1. The minimum absolute atomic E-state index is 0.0970. The van der Waals surface area contributed by atoms with Crippen LogP contribution in [0.25, 0.3) is 10.9 Å². The second-order valence-corrected chi connectivity index (χ2v) is 8.84. The predicted octanol–water partition coefficient (Wildman–Crippen LogP) is 2.84. The highest BCUT2D eigenvalue weighted by atomic mass is 32.2. The maximum atomic E-state index is 13.0. The zero-order valence-electron chi connectivity index (χ0n) is 14.0. The van der Waals surface area contributed by atoms with Crippen molar-refractivity contribution in [1.29, 1.82) is 0 Å². The van der Waals surface area contributed by atoms with Crippen molar-refractivity contribution in [3.05, 3.63) is 29.5 Å². The molecule has 0 aliphatic carbocycles. The third kappa shape index (κ3) is 2.82. The molecule has 2 N–H and O–H groups in total. The molecule has 1 aromatic carbocycles. The number of piperidine rings is 1. The first-order valence-electron chi connectivity index (χ1n) is 8.06. The highest BCUT2D eigenvalue weighted by molar-refractivity contribution is 7.89. The summed E-state index contributed by atoms with van der Waals surface area (Å²) >= 11 is 0. The number of nitrogens with one attached hydrogen (secondary N) is 1. The van der Waals surface area contributed by atoms with Gasteiger partial charge in [0.25, 0.3) is 0 Å². The third-order valence-electron chi connectivity index (χ3n) is 4.72. The standard InChI is InChI=1S/C17H22N2O4S/c1-10-6-11(2)9-19(8-10)24(22,23)13-4-5-15-14(7-13)12(3)16(18-15)17(20)21/h4-5,7,10-11,18H,6,8-9H2,1-3H3,(H,20,21). The van der Waals surface area contributed by atoms with E-state index in [1.54, 1.807) is 29.4 Å². The van der Waals surface area contributed by atoms with Crippen LogP contribution in [0.5, 0.6) is 0 Å². The van der Waals surface area contributed by atoms with Gasteiger partial charge in [0.1, 0.15) is 5.69 Å². The molecule has 2 heterocycles. The number of carboxylic acids is 1. The largest absolute Gasteiger partial charge is 0.477 e. The number of benzene rings is 1. The lowest BCUT2D eigenvalue weighted by Gasteiger charge is -2.34. The summed E-state index contributed by atoms with van der Waals surface area (Å²) in [6.45, 7) is 6.87. The van der Waals surface area contributed by atoms with Crippen LogP contribution in [0.4, 0.5) is 0 Å². The van der Waals surface area contributed by atoms with E-state index in [0.717, 1.165) is 6.42 Å². The summed E-state index contributed by atoms with van der Waals surface area (Å²) in [6.07, 6.45) is 1.03. The van der Waals surface area contributed by atoms with E-state index in [9.17, 15) is 18.3 Å². The maximum Gasteiger partial charge on any atom is 0.352 e. The van der Waals surface area contributed by atoms with Crippen molar-refractivity contribution in [3.8, 4) is 0 Å². The van der Waals surface area contributed by atoms with E-state index in [-0.39, 0.29) is 10.6 Å². The summed E-state index contributed by atoms with van der Waals surface area (Å²) in [4.78, 5) is 14.3. The molecule has 0 spiro atoms. The molecular weight excluding hydrogens is 328 g/mol. The zero-order chi connectivity index (χ0) is 17.6. The molecule has 1 aromatic heterocycles. The second kappa shape index (κ2) is 5.89. The van der Waals surface area contributed by atoms with Crippen molar-refractivity contribution < 1.29 is 18.3 Å². The van der Waals surface area contributed by atoms with E-state index in [4.69, 9.17) is 0 Å². The minimum atomic E-state index is -3.58. The smallest absolute Gasteiger partial charge is 0.352 e. The topological polar surface area (TPSA) is 90.5 Å². The molecule has 2 aromatic rings. The number of fused-ring (bicyclic) bond motifs is 1. The van der Waals surface area contributed by atoms with E-state index in [1.165, 1.54) is 0 Å². The van der Waals surface area contributed by atoms with E-state index in [2.05, 4.69) is 18.8 Å². The van der Waals surface area contributed by atoms with Gasteiger partial charge in [0.2, 0.25) is 10.0 Å². The van der Waals surface area contributed by atoms with Crippen LogP contribution >= 0.6 is 0 Å². The fourth-order valence-electron chi connectivity index (χ4n) is 3.63. The number of hydrogen-bond donors (Lipinski definition) is 2. The SMILES string of the molecule is Cc1c(C(=O)O)[nH]c2ccc(S(=O)(=O)N3CC(C)CC(C)C3)cc12. The predicted molar refractivity (Wildman–Crippen MR) is 91.7 cm³/mol. The summed E-state index contributed by atoms with van der Waals surface area (Å²) in [5, 5.41) is 9.83. The monoisotopic (exact) mass is 350 g/mol. The van der Waals surface area contributed by atoms with Crippen LogP contribution in [0.3, 0.4) is 0 Å². The number of H-pyrrole nitrogens is 1. The van der Waals surface area contributed by atoms with Gasteiger partial charge in [0.15, 0.2) is 0 Å². The van der Waals surface area contributed by atoms with Gasteiger partial charge in [0, 0.05) is 24.0 Å². The number of aromatic nitrogens is 1. The fourth-order valence-corrected chi connectivity index (χ4v) is 5.34. The first-order chi connectivity index (χ1) is 11.2. The van der Waals surface area contributed by atoms with Gasteiger partial charge < -0.3 is 10.1 Å². The Bertz CT molecular complexity index is 891. The Balaban J connectivity index is 2.05. The molecule has 2 unspecified atom stereocenters. The summed E-state index contributed by atoms with van der Waals surface area (Å²) in [5.74, 6) is -0.383. The molecule has 7 heteroatoms. The van der Waals surface area contributed by atoms with Crippen LogP contribution in [0.1, 0.15) is 36.3 Å². The van der Waals surface area contributed by atoms with Crippen molar-refractivity contribution in [2.24, 2.45) is 11.8 Å². The Morgan fingerprint density at radius 1 is 1.25 bits per heavy atom. The lowest BCUT2D eigenvalue weighted by molar-refractivity contribution is 0.0690. The van der Waals surface area contributed by atoms with Crippen molar-refractivity contribution >= 4 is 26.9 Å². The third-order valence-corrected chi connectivity index (χ3v) is 6.54. The van der Waals surface area contributed by atoms with E-state index >= 15 is 0 Å². The van der Waals surface area contributed by atoms with Crippen LogP contribution in [0, 0.1) is 18.8 Å². The first kappa shape index (κ1) is 17.0. The van der Waals surface area contributed by atoms with E-state index in [1.807, 2.05) is 0 Å². The van der Waals surface area contributed by atoms with E-state index < -0.39 is 16.0 Å². The lowest BCUT2D eigenvalue weighted by atomic mass is 9.94. The highest BCUT2D eigenvalue weighted by Crippen LogP contribution is 2.29. The van der Waals surface area contributed by atoms with Gasteiger partial charge in [-0.3, -0.25) is 0 Å². The Morgan fingerprint density at radius 2 is 1.88 bits per heavy atom. The average molecular weight is 350 g/mol. The van der Waals surface area contributed by atoms with Crippen molar-refractivity contribution in [2.45, 2.75) is 32.1 Å². The molecule has 2 atom stereocenters. The molecule has 1 aliphatic heterocycles. The highest BCUT2D eigenvalue weighted by Gasteiger charge is 2.32. The van der Waals surface area contributed by atoms with Gasteiger partial charge in [-0.1, -0.05) is 13.8 Å². The number of aryl methyl sites for hydroxylation is 1. The molecule has 3 rings (SSSR count). The van der Waals surface area contributed by atoms with Crippen LogP contribution in [-0.2, 0) is 10.0 Å². The molecule has 0 amide bonds. The maximum absolute atomic E-state index is 13.0. The Kier molecular flexibility index (Phi) is 4.17. The van der Waals surface area contributed by atoms with Gasteiger partial charge in [-0.15, -0.1) is 0 Å². The number of hydrogen-bond acceptors (Lipinski definition) is 3. The quantitative estimate of drug-likeness (QED) is 0.890. The van der Waals surface area contributed by atoms with Crippen LogP contribution in [-0.4, -0.2) is 41.9 Å². The molecule has 0 radical (unpaired) electrons. The summed E-state index contributed by atoms with van der Waals surface area (Å²) in [5.41, 5.74) is 1.28. The van der Waals surface area contributed by atoms with Crippen LogP contribution in [0.15, 0.2) is 23.1 Å². The number of sulfonamides is 1. The number of nitrogens with zero attached hydrogens (tertiary/aromatic N) is 1. The Hall–Kier alpha value is -1.86. The van der Waals surface area contributed by atoms with Gasteiger partial charge in [-0.25, -0.2) is 13.2 Å². The number of rotatable bonds is 3. The van der Waals surface area contributed by atoms with Crippen LogP contribution < -0.4 is 0 Å². The van der Waals surface area contributed by atoms with Gasteiger partial charge >= 0.3 is 5.97 Å². The fraction of sp³-hybridized carbons (Fsp3) is 0.471. The summed E-state index contributed by atoms with van der Waals surface area (Å²) in [6, 6.07) is 4.76. The van der Waals surface area contributed by atoms with Gasteiger partial charge in [0.05, 0.1) is 4.90 Å². The van der Waals surface area contributed by atoms with Crippen molar-refractivity contribution in [1.82, 2.24) is 9.29 Å². The summed E-state index contributed by atoms with van der Waals surface area (Å²) in [7, 11) is -3.58. The van der Waals surface area contributed by atoms with E-state index in [0.29, 0.717) is 41.4 Å². The number of aromatic carboxylic acids is 1. The second-order valence-electron chi connectivity index (χ2n) is 6.91. The van der Waals surface area contributed by atoms with Crippen LogP contribution in [0.2, 0.25) is 0 Å². The van der Waals surface area contributed by atoms with Gasteiger partial charge in [-0.2, -0.15) is 4.31 Å². The molecule has 130 valence electrons. The Labute approximate surface area is 141 Å². The Morgan fingerprint density at radius 3 is 2.46 bits per heavy atom. The molecule has 1 saturated heterocycles. The average Bonchev–Trinajstić information content (AvgIpc) is 2.83. The summed E-state index contributed by atoms with van der Waals surface area (Å²) < 4.78 is 27.5. The zero-order valence-corrected chi connectivity index (χ0v) is 14.9. The van der Waals surface area contributed by atoms with Crippen molar-refractivity contribution in [3.63, 3.8) is 0 Å². The molecule has 0 saturated carbocycles. The number of aromatic amines is 1. The lowest BCUT2D eigenvalue weighted by Crippen LogP contribution is -2.42. The van der Waals surface area contributed by atoms with Gasteiger partial charge in [-0.05, 0) is 48.9 Å². The number of carboxylic acid groups (broad SMARTS) is 1. The molecule has 24 heavy (non-hydrogen) atoms. The molecule has 0 bridgehead atoms. The molecule has 1 aliphatic rings. The normalized spacial score (nSPS) is 22.8. The molecule has 6 nitrogen and oxygen atoms in total. The van der Waals surface area contributed by atoms with Crippen molar-refractivity contribution in [2.75, 3.05) is 13.1 Å².